The van der Waals surface area contributed by atoms with E-state index in [4.69, 9.17) is 0 Å². The van der Waals surface area contributed by atoms with Gasteiger partial charge >= 0.3 is 0 Å². The number of hydrogen-bond acceptors (Lipinski definition) is 0. The maximum atomic E-state index is 3.77. The number of rotatable bonds is 42. The molecule has 1 rings (SSSR count). The highest BCUT2D eigenvalue weighted by molar-refractivity contribution is 4.90. The second kappa shape index (κ2) is 38.9. The summed E-state index contributed by atoms with van der Waals surface area (Å²) < 4.78 is 2.64. The first-order chi connectivity index (χ1) is 25.2. The Bertz CT molecular complexity index is 747. The van der Waals surface area contributed by atoms with Gasteiger partial charge in [-0.05, 0) is 32.6 Å². The fraction of sp³-hybridized carbons (Fsp3) is 0.939. The number of aromatic nitrogens is 2. The fourth-order valence-corrected chi connectivity index (χ4v) is 8.55. The lowest BCUT2D eigenvalue weighted by atomic mass is 9.92. The van der Waals surface area contributed by atoms with E-state index < -0.39 is 0 Å². The van der Waals surface area contributed by atoms with Crippen LogP contribution < -0.4 is 4.57 Å². The van der Waals surface area contributed by atoms with Crippen molar-refractivity contribution in [2.75, 3.05) is 0 Å². The smallest absolute Gasteiger partial charge is 0.247 e. The molecule has 1 heterocycles. The van der Waals surface area contributed by atoms with Gasteiger partial charge in [-0.1, -0.05) is 252 Å². The zero-order valence-electron chi connectivity index (χ0n) is 36.0. The van der Waals surface area contributed by atoms with E-state index in [1.807, 2.05) is 0 Å². The topological polar surface area (TPSA) is 19.7 Å². The van der Waals surface area contributed by atoms with Crippen LogP contribution >= 0.6 is 0 Å². The Balaban J connectivity index is 2.28. The van der Waals surface area contributed by atoms with Gasteiger partial charge in [0.1, 0.15) is 12.4 Å². The molecule has 1 unspecified atom stereocenters. The third-order valence-corrected chi connectivity index (χ3v) is 12.1. The lowest BCUT2D eigenvalue weighted by molar-refractivity contribution is -0.727. The molecule has 51 heavy (non-hydrogen) atoms. The minimum Gasteiger partial charge on any atom is -0.247 e. The molecule has 0 aliphatic rings. The number of nitrogens with one attached hydrogen (secondary N) is 1. The summed E-state index contributed by atoms with van der Waals surface area (Å²) in [5, 5.41) is 0. The molecule has 0 aromatic carbocycles. The predicted octanol–water partition coefficient (Wildman–Crippen LogP) is 17.6. The summed E-state index contributed by atoms with van der Waals surface area (Å²) in [5.74, 6) is 2.25. The van der Waals surface area contributed by atoms with Crippen LogP contribution in [0, 0.1) is 0 Å². The molecule has 1 atom stereocenters. The van der Waals surface area contributed by atoms with Crippen LogP contribution in [-0.2, 0) is 0 Å². The van der Waals surface area contributed by atoms with Crippen LogP contribution in [0.2, 0.25) is 0 Å². The van der Waals surface area contributed by atoms with Crippen molar-refractivity contribution in [3.8, 4) is 0 Å². The Morgan fingerprint density at radius 3 is 0.922 bits per heavy atom. The second-order valence-electron chi connectivity index (χ2n) is 17.2. The number of hydrogen-bond donors (Lipinski definition) is 1. The standard InChI is InChI=1S/C49H96N2/c1-5-8-11-14-16-18-20-22-24-26-28-30-32-34-37-40-43-48(49-50-45-46-51(49)47(4)42-39-36-13-10-7-3)44-41-38-35-33-31-29-27-25-23-21-19-17-15-12-9-6-2/h45-48H,5-44H2,1-4H3/p+1. The lowest BCUT2D eigenvalue weighted by Crippen LogP contribution is -2.41. The molecule has 0 bridgehead atoms. The van der Waals surface area contributed by atoms with Gasteiger partial charge in [0.05, 0.1) is 12.0 Å². The first kappa shape index (κ1) is 48.2. The molecular weight excluding hydrogens is 617 g/mol. The molecule has 302 valence electrons. The van der Waals surface area contributed by atoms with Crippen molar-refractivity contribution in [1.29, 1.82) is 0 Å². The summed E-state index contributed by atoms with van der Waals surface area (Å²) in [6, 6.07) is 0.618. The largest absolute Gasteiger partial charge is 0.257 e. The van der Waals surface area contributed by atoms with E-state index in [1.54, 1.807) is 0 Å². The zero-order chi connectivity index (χ0) is 36.7. The molecule has 0 radical (unpaired) electrons. The maximum Gasteiger partial charge on any atom is 0.257 e. The van der Waals surface area contributed by atoms with Gasteiger partial charge in [0.15, 0.2) is 0 Å². The Hall–Kier alpha value is -0.790. The monoisotopic (exact) mass is 714 g/mol. The number of H-pyrrole nitrogens is 1. The average Bonchev–Trinajstić information content (AvgIpc) is 3.63. The van der Waals surface area contributed by atoms with Crippen molar-refractivity contribution >= 4 is 0 Å². The molecular formula is C49H97N2+. The summed E-state index contributed by atoms with van der Waals surface area (Å²) in [6.45, 7) is 9.42. The molecule has 0 saturated carbocycles. The minimum atomic E-state index is 0.618. The number of imidazole rings is 1. The molecule has 0 amide bonds. The van der Waals surface area contributed by atoms with Crippen LogP contribution in [-0.4, -0.2) is 4.98 Å². The minimum absolute atomic E-state index is 0.618. The normalized spacial score (nSPS) is 12.4. The highest BCUT2D eigenvalue weighted by atomic mass is 15.1. The van der Waals surface area contributed by atoms with Crippen LogP contribution in [0.1, 0.15) is 302 Å². The van der Waals surface area contributed by atoms with Crippen molar-refractivity contribution in [1.82, 2.24) is 4.98 Å². The molecule has 0 fully saturated rings. The molecule has 2 nitrogen and oxygen atoms in total. The summed E-state index contributed by atoms with van der Waals surface area (Å²) in [4.78, 5) is 3.77. The highest BCUT2D eigenvalue weighted by Gasteiger charge is 2.25. The first-order valence-corrected chi connectivity index (χ1v) is 24.3. The van der Waals surface area contributed by atoms with Crippen LogP contribution in [0.3, 0.4) is 0 Å². The zero-order valence-corrected chi connectivity index (χ0v) is 36.0. The van der Waals surface area contributed by atoms with Gasteiger partial charge in [0.25, 0.3) is 5.82 Å². The first-order valence-electron chi connectivity index (χ1n) is 24.3. The van der Waals surface area contributed by atoms with Crippen molar-refractivity contribution < 1.29 is 4.57 Å². The van der Waals surface area contributed by atoms with Crippen LogP contribution in [0.15, 0.2) is 12.4 Å². The van der Waals surface area contributed by atoms with E-state index in [9.17, 15) is 0 Å². The second-order valence-corrected chi connectivity index (χ2v) is 17.2. The quantitative estimate of drug-likeness (QED) is 0.0514. The Morgan fingerprint density at radius 1 is 0.373 bits per heavy atom. The third kappa shape index (κ3) is 30.3. The third-order valence-electron chi connectivity index (χ3n) is 12.1. The van der Waals surface area contributed by atoms with Crippen molar-refractivity contribution in [3.05, 3.63) is 18.2 Å². The van der Waals surface area contributed by atoms with Crippen molar-refractivity contribution in [2.24, 2.45) is 0 Å². The van der Waals surface area contributed by atoms with Gasteiger partial charge in [-0.2, -0.15) is 0 Å². The van der Waals surface area contributed by atoms with Crippen LogP contribution in [0.4, 0.5) is 0 Å². The Morgan fingerprint density at radius 2 is 0.627 bits per heavy atom. The predicted molar refractivity (Wildman–Crippen MR) is 230 cm³/mol. The number of unbranched alkanes of at least 4 members (excludes halogenated alkanes) is 34. The molecule has 1 aromatic heterocycles. The lowest BCUT2D eigenvalue weighted by Gasteiger charge is -2.17. The Labute approximate surface area is 323 Å². The molecule has 1 aromatic rings. The summed E-state index contributed by atoms with van der Waals surface area (Å²) in [7, 11) is 0. The van der Waals surface area contributed by atoms with Crippen LogP contribution in [0.5, 0.6) is 0 Å². The van der Waals surface area contributed by atoms with Crippen molar-refractivity contribution in [2.45, 2.75) is 296 Å². The van der Waals surface area contributed by atoms with E-state index in [2.05, 4.69) is 49.6 Å². The van der Waals surface area contributed by atoms with Gasteiger partial charge < -0.3 is 0 Å². The summed E-state index contributed by atoms with van der Waals surface area (Å²) >= 11 is 0. The van der Waals surface area contributed by atoms with Gasteiger partial charge in [-0.15, -0.1) is 0 Å². The Kier molecular flexibility index (Phi) is 36.8. The van der Waals surface area contributed by atoms with E-state index in [-0.39, 0.29) is 0 Å². The highest BCUT2D eigenvalue weighted by Crippen LogP contribution is 2.28. The van der Waals surface area contributed by atoms with Gasteiger partial charge in [-0.3, -0.25) is 0 Å². The molecule has 0 saturated heterocycles. The van der Waals surface area contributed by atoms with Gasteiger partial charge in [0, 0.05) is 0 Å². The van der Waals surface area contributed by atoms with Crippen molar-refractivity contribution in [3.63, 3.8) is 0 Å². The van der Waals surface area contributed by atoms with E-state index in [0.29, 0.717) is 12.0 Å². The number of nitrogens with zero attached hydrogens (tertiary/aromatic N) is 1. The van der Waals surface area contributed by atoms with E-state index >= 15 is 0 Å². The fourth-order valence-electron chi connectivity index (χ4n) is 8.55. The molecule has 1 N–H and O–H groups in total. The summed E-state index contributed by atoms with van der Waals surface area (Å²) in [6.07, 6.45) is 62.1. The maximum absolute atomic E-state index is 3.77. The molecule has 0 aliphatic carbocycles. The SMILES string of the molecule is CCCCCCCCCCCCCCCCCCC(CCCCCCCCCCCCCCCCCC)c1[nH]cc[n+]1C(C)CCCCCCC. The molecule has 0 aliphatic heterocycles. The molecule has 0 spiro atoms. The number of aromatic amines is 1. The average molecular weight is 714 g/mol. The van der Waals surface area contributed by atoms with E-state index in [1.165, 1.54) is 263 Å². The summed E-state index contributed by atoms with van der Waals surface area (Å²) in [5.41, 5.74) is 0. The van der Waals surface area contributed by atoms with E-state index in [0.717, 1.165) is 0 Å². The molecule has 2 heteroatoms. The van der Waals surface area contributed by atoms with Gasteiger partial charge in [0.2, 0.25) is 0 Å². The van der Waals surface area contributed by atoms with Gasteiger partial charge in [-0.25, -0.2) is 9.55 Å². The van der Waals surface area contributed by atoms with Crippen LogP contribution in [0.25, 0.3) is 0 Å².